The zero-order valence-electron chi connectivity index (χ0n) is 10.5. The minimum Gasteiger partial charge on any atom is -0.398 e. The molecular weight excluding hydrogens is 266 g/mol. The second-order valence-electron chi connectivity index (χ2n) is 4.00. The van der Waals surface area contributed by atoms with E-state index in [0.29, 0.717) is 35.1 Å². The van der Waals surface area contributed by atoms with Gasteiger partial charge in [0.2, 0.25) is 5.78 Å². The Balaban J connectivity index is 2.28. The van der Waals surface area contributed by atoms with E-state index in [4.69, 9.17) is 22.1 Å². The number of hydrogen-bond acceptors (Lipinski definition) is 4. The Morgan fingerprint density at radius 2 is 2.26 bits per heavy atom. The van der Waals surface area contributed by atoms with E-state index >= 15 is 0 Å². The average molecular weight is 280 g/mol. The molecule has 100 valence electrons. The average Bonchev–Trinajstić information content (AvgIpc) is 2.87. The minimum absolute atomic E-state index is 0.143. The number of carbonyl (C=O) groups is 1. The van der Waals surface area contributed by atoms with Crippen molar-refractivity contribution in [2.24, 2.45) is 0 Å². The zero-order valence-corrected chi connectivity index (χ0v) is 11.2. The lowest BCUT2D eigenvalue weighted by molar-refractivity contribution is 0.102. The van der Waals surface area contributed by atoms with Crippen molar-refractivity contribution < 1.29 is 9.53 Å². The second-order valence-corrected chi connectivity index (χ2v) is 4.41. The van der Waals surface area contributed by atoms with Crippen LogP contribution in [0.3, 0.4) is 0 Å². The summed E-state index contributed by atoms with van der Waals surface area (Å²) >= 11 is 5.92. The molecule has 0 spiro atoms. The molecule has 2 rings (SSSR count). The summed E-state index contributed by atoms with van der Waals surface area (Å²) in [5.41, 5.74) is 7.06. The third kappa shape index (κ3) is 2.94. The number of hydrogen-bond donors (Lipinski definition) is 1. The van der Waals surface area contributed by atoms with Crippen LogP contribution in [0.5, 0.6) is 0 Å². The largest absolute Gasteiger partial charge is 0.398 e. The number of nitrogens with zero attached hydrogens (tertiary/aromatic N) is 2. The highest BCUT2D eigenvalue weighted by molar-refractivity contribution is 6.33. The molecule has 19 heavy (non-hydrogen) atoms. The molecule has 0 atom stereocenters. The molecule has 0 aliphatic carbocycles. The summed E-state index contributed by atoms with van der Waals surface area (Å²) in [6, 6.07) is 6.50. The molecule has 0 fully saturated rings. The zero-order chi connectivity index (χ0) is 13.8. The molecule has 0 bridgehead atoms. The van der Waals surface area contributed by atoms with E-state index < -0.39 is 0 Å². The number of carbonyl (C=O) groups excluding carboxylic acids is 1. The number of ketones is 1. The first-order valence-corrected chi connectivity index (χ1v) is 6.11. The van der Waals surface area contributed by atoms with E-state index in [2.05, 4.69) is 5.10 Å². The van der Waals surface area contributed by atoms with Crippen LogP contribution in [-0.4, -0.2) is 29.3 Å². The molecule has 0 saturated carbocycles. The molecular formula is C13H14ClN3O2. The molecule has 1 heterocycles. The van der Waals surface area contributed by atoms with Crippen molar-refractivity contribution in [3.8, 4) is 0 Å². The van der Waals surface area contributed by atoms with Crippen molar-refractivity contribution in [2.75, 3.05) is 19.5 Å². The number of aromatic nitrogens is 2. The number of methoxy groups -OCH3 is 1. The molecule has 6 heteroatoms. The monoisotopic (exact) mass is 279 g/mol. The van der Waals surface area contributed by atoms with Crippen LogP contribution in [0.25, 0.3) is 0 Å². The summed E-state index contributed by atoms with van der Waals surface area (Å²) in [5.74, 6) is -0.143. The Bertz CT molecular complexity index is 595. The Hall–Kier alpha value is -1.85. The van der Waals surface area contributed by atoms with E-state index in [1.165, 1.54) is 0 Å². The first kappa shape index (κ1) is 13.6. The van der Waals surface area contributed by atoms with E-state index in [1.807, 2.05) is 0 Å². The Kier molecular flexibility index (Phi) is 4.19. The molecule has 0 aliphatic heterocycles. The standard InChI is InChI=1S/C13H14ClN3O2/c1-19-7-6-17-12(4-5-16-17)13(18)9-2-3-11(15)10(14)8-9/h2-5,8H,6-7,15H2,1H3. The molecule has 1 aromatic carbocycles. The lowest BCUT2D eigenvalue weighted by Gasteiger charge is -2.07. The molecule has 1 aromatic heterocycles. The van der Waals surface area contributed by atoms with Gasteiger partial charge in [0.15, 0.2) is 0 Å². The Labute approximate surface area is 115 Å². The number of rotatable bonds is 5. The predicted molar refractivity (Wildman–Crippen MR) is 73.4 cm³/mol. The molecule has 0 saturated heterocycles. The lowest BCUT2D eigenvalue weighted by Crippen LogP contribution is -2.14. The fraction of sp³-hybridized carbons (Fsp3) is 0.231. The van der Waals surface area contributed by atoms with Gasteiger partial charge in [0.05, 0.1) is 23.9 Å². The normalized spacial score (nSPS) is 10.6. The summed E-state index contributed by atoms with van der Waals surface area (Å²) in [6.07, 6.45) is 1.59. The maximum absolute atomic E-state index is 12.4. The summed E-state index contributed by atoms with van der Waals surface area (Å²) in [6.45, 7) is 1.01. The maximum Gasteiger partial charge on any atom is 0.211 e. The van der Waals surface area contributed by atoms with Crippen LogP contribution in [0, 0.1) is 0 Å². The van der Waals surface area contributed by atoms with Crippen molar-refractivity contribution in [2.45, 2.75) is 6.54 Å². The van der Waals surface area contributed by atoms with Gasteiger partial charge in [0.1, 0.15) is 5.69 Å². The van der Waals surface area contributed by atoms with Crippen molar-refractivity contribution >= 4 is 23.1 Å². The minimum atomic E-state index is -0.143. The van der Waals surface area contributed by atoms with Gasteiger partial charge >= 0.3 is 0 Å². The fourth-order valence-corrected chi connectivity index (χ4v) is 1.88. The SMILES string of the molecule is COCCn1nccc1C(=O)c1ccc(N)c(Cl)c1. The summed E-state index contributed by atoms with van der Waals surface area (Å²) < 4.78 is 6.59. The third-order valence-electron chi connectivity index (χ3n) is 2.72. The van der Waals surface area contributed by atoms with Crippen LogP contribution in [0.2, 0.25) is 5.02 Å². The molecule has 5 nitrogen and oxygen atoms in total. The van der Waals surface area contributed by atoms with Crippen LogP contribution in [0.4, 0.5) is 5.69 Å². The van der Waals surface area contributed by atoms with Gasteiger partial charge in [-0.15, -0.1) is 0 Å². The predicted octanol–water partition coefficient (Wildman–Crippen LogP) is 2.00. The van der Waals surface area contributed by atoms with Crippen molar-refractivity contribution in [1.82, 2.24) is 9.78 Å². The van der Waals surface area contributed by atoms with E-state index in [1.54, 1.807) is 42.3 Å². The Morgan fingerprint density at radius 1 is 1.47 bits per heavy atom. The van der Waals surface area contributed by atoms with E-state index in [-0.39, 0.29) is 5.78 Å². The molecule has 0 amide bonds. The molecule has 0 unspecified atom stereocenters. The van der Waals surface area contributed by atoms with Gasteiger partial charge in [-0.2, -0.15) is 5.10 Å². The van der Waals surface area contributed by atoms with Gasteiger partial charge < -0.3 is 10.5 Å². The number of nitrogen functional groups attached to an aromatic ring is 1. The van der Waals surface area contributed by atoms with Crippen molar-refractivity contribution in [3.05, 3.63) is 46.7 Å². The third-order valence-corrected chi connectivity index (χ3v) is 3.05. The molecule has 0 radical (unpaired) electrons. The van der Waals surface area contributed by atoms with E-state index in [9.17, 15) is 4.79 Å². The van der Waals surface area contributed by atoms with Crippen LogP contribution in [0.1, 0.15) is 16.1 Å². The highest BCUT2D eigenvalue weighted by Gasteiger charge is 2.15. The van der Waals surface area contributed by atoms with Gasteiger partial charge in [-0.05, 0) is 24.3 Å². The van der Waals surface area contributed by atoms with Gasteiger partial charge in [0.25, 0.3) is 0 Å². The van der Waals surface area contributed by atoms with Gasteiger partial charge in [-0.1, -0.05) is 11.6 Å². The van der Waals surface area contributed by atoms with Crippen LogP contribution >= 0.6 is 11.6 Å². The number of halogens is 1. The fourth-order valence-electron chi connectivity index (χ4n) is 1.70. The van der Waals surface area contributed by atoms with E-state index in [0.717, 1.165) is 0 Å². The van der Waals surface area contributed by atoms with Crippen LogP contribution in [0.15, 0.2) is 30.5 Å². The maximum atomic E-state index is 12.4. The highest BCUT2D eigenvalue weighted by atomic mass is 35.5. The van der Waals surface area contributed by atoms with Crippen LogP contribution in [-0.2, 0) is 11.3 Å². The quantitative estimate of drug-likeness (QED) is 0.671. The molecule has 2 N–H and O–H groups in total. The highest BCUT2D eigenvalue weighted by Crippen LogP contribution is 2.21. The van der Waals surface area contributed by atoms with Gasteiger partial charge in [-0.25, -0.2) is 0 Å². The summed E-state index contributed by atoms with van der Waals surface area (Å²) in [5, 5.41) is 4.47. The molecule has 2 aromatic rings. The Morgan fingerprint density at radius 3 is 2.95 bits per heavy atom. The second kappa shape index (κ2) is 5.86. The van der Waals surface area contributed by atoms with Crippen molar-refractivity contribution in [1.29, 1.82) is 0 Å². The lowest BCUT2D eigenvalue weighted by atomic mass is 10.1. The number of benzene rings is 1. The number of anilines is 1. The van der Waals surface area contributed by atoms with Gasteiger partial charge in [-0.3, -0.25) is 9.48 Å². The van der Waals surface area contributed by atoms with Crippen molar-refractivity contribution in [3.63, 3.8) is 0 Å². The number of nitrogens with two attached hydrogens (primary N) is 1. The summed E-state index contributed by atoms with van der Waals surface area (Å²) in [4.78, 5) is 12.4. The summed E-state index contributed by atoms with van der Waals surface area (Å²) in [7, 11) is 1.60. The van der Waals surface area contributed by atoms with Crippen LogP contribution < -0.4 is 5.73 Å². The smallest absolute Gasteiger partial charge is 0.211 e. The molecule has 0 aliphatic rings. The topological polar surface area (TPSA) is 70.1 Å². The first-order chi connectivity index (χ1) is 9.13. The van der Waals surface area contributed by atoms with Gasteiger partial charge in [0, 0.05) is 18.9 Å². The number of ether oxygens (including phenoxy) is 1. The first-order valence-electron chi connectivity index (χ1n) is 5.74.